The highest BCUT2D eigenvalue weighted by molar-refractivity contribution is 5.99. The van der Waals surface area contributed by atoms with Gasteiger partial charge in [-0.2, -0.15) is 0 Å². The first kappa shape index (κ1) is 22.6. The van der Waals surface area contributed by atoms with Crippen molar-refractivity contribution in [1.82, 2.24) is 20.1 Å². The van der Waals surface area contributed by atoms with Gasteiger partial charge in [0, 0.05) is 36.1 Å². The van der Waals surface area contributed by atoms with Crippen molar-refractivity contribution in [3.8, 4) is 0 Å². The number of carbonyl (C=O) groups excluding carboxylic acids is 3. The van der Waals surface area contributed by atoms with E-state index < -0.39 is 12.1 Å². The highest BCUT2D eigenvalue weighted by Gasteiger charge is 2.52. The zero-order chi connectivity index (χ0) is 24.6. The van der Waals surface area contributed by atoms with Crippen molar-refractivity contribution < 1.29 is 19.1 Å². The lowest BCUT2D eigenvalue weighted by Gasteiger charge is -2.48. The van der Waals surface area contributed by atoms with Gasteiger partial charge in [0.05, 0.1) is 6.04 Å². The number of nitrogens with one attached hydrogen (secondary N) is 2. The molecule has 2 N–H and O–H groups in total. The van der Waals surface area contributed by atoms with Crippen LogP contribution in [0.4, 0.5) is 4.79 Å². The van der Waals surface area contributed by atoms with E-state index in [-0.39, 0.29) is 30.5 Å². The number of aromatic nitrogens is 1. The number of H-pyrrole nitrogens is 1. The lowest BCUT2D eigenvalue weighted by molar-refractivity contribution is -0.163. The van der Waals surface area contributed by atoms with E-state index in [4.69, 9.17) is 4.74 Å². The molecule has 8 heteroatoms. The van der Waals surface area contributed by atoms with E-state index in [9.17, 15) is 14.4 Å². The van der Waals surface area contributed by atoms with Gasteiger partial charge in [-0.25, -0.2) is 4.79 Å². The average molecular weight is 487 g/mol. The molecule has 0 unspecified atom stereocenters. The van der Waals surface area contributed by atoms with E-state index >= 15 is 0 Å². The summed E-state index contributed by atoms with van der Waals surface area (Å²) in [7, 11) is 0. The molecule has 3 amide bonds. The van der Waals surface area contributed by atoms with Crippen LogP contribution in [0.15, 0.2) is 54.6 Å². The predicted octanol–water partition coefficient (Wildman–Crippen LogP) is 3.67. The maximum absolute atomic E-state index is 13.6. The summed E-state index contributed by atoms with van der Waals surface area (Å²) < 4.78 is 5.31. The van der Waals surface area contributed by atoms with Gasteiger partial charge in [0.1, 0.15) is 18.7 Å². The average Bonchev–Trinajstić information content (AvgIpc) is 3.54. The highest BCUT2D eigenvalue weighted by atomic mass is 16.5. The van der Waals surface area contributed by atoms with Crippen LogP contribution in [0.1, 0.15) is 48.5 Å². The Kier molecular flexibility index (Phi) is 5.87. The minimum atomic E-state index is -0.465. The van der Waals surface area contributed by atoms with Crippen molar-refractivity contribution in [2.75, 3.05) is 13.1 Å². The third-order valence-corrected chi connectivity index (χ3v) is 7.75. The normalized spacial score (nSPS) is 22.8. The Morgan fingerprint density at radius 3 is 2.69 bits per heavy atom. The molecule has 3 atom stereocenters. The van der Waals surface area contributed by atoms with Crippen LogP contribution >= 0.6 is 0 Å². The molecule has 0 bridgehead atoms. The van der Waals surface area contributed by atoms with Crippen molar-refractivity contribution in [2.45, 2.75) is 56.8 Å². The van der Waals surface area contributed by atoms with Gasteiger partial charge in [-0.1, -0.05) is 48.5 Å². The first-order valence-corrected chi connectivity index (χ1v) is 12.8. The molecular weight excluding hydrogens is 456 g/mol. The zero-order valence-electron chi connectivity index (χ0n) is 20.1. The monoisotopic (exact) mass is 486 g/mol. The number of amides is 3. The van der Waals surface area contributed by atoms with E-state index in [1.54, 1.807) is 4.90 Å². The summed E-state index contributed by atoms with van der Waals surface area (Å²) in [5, 5.41) is 3.94. The minimum Gasteiger partial charge on any atom is -0.445 e. The fourth-order valence-corrected chi connectivity index (χ4v) is 6.08. The zero-order valence-corrected chi connectivity index (χ0v) is 20.1. The minimum absolute atomic E-state index is 0.0571. The molecule has 186 valence electrons. The number of piperazine rings is 1. The number of hydrogen-bond acceptors (Lipinski definition) is 4. The predicted molar refractivity (Wildman–Crippen MR) is 134 cm³/mol. The summed E-state index contributed by atoms with van der Waals surface area (Å²) in [6.45, 7) is 1.31. The van der Waals surface area contributed by atoms with Gasteiger partial charge in [0.15, 0.2) is 0 Å². The van der Waals surface area contributed by atoms with Crippen LogP contribution in [0, 0.1) is 0 Å². The van der Waals surface area contributed by atoms with Gasteiger partial charge in [-0.3, -0.25) is 9.59 Å². The van der Waals surface area contributed by atoms with Gasteiger partial charge in [0.25, 0.3) is 0 Å². The van der Waals surface area contributed by atoms with Gasteiger partial charge >= 0.3 is 6.09 Å². The number of hydrogen-bond donors (Lipinski definition) is 2. The smallest absolute Gasteiger partial charge is 0.407 e. The number of alkyl carbamates (subject to hydrolysis) is 1. The SMILES string of the molecule is O=C(NCCC[C@@H]1c2[nH]c3ccccc3c2C[C@H]2C(=O)N3CCC[C@H]3C(=O)N12)OCc1ccccc1. The number of nitrogens with zero attached hydrogens (tertiary/aromatic N) is 2. The van der Waals surface area contributed by atoms with Crippen LogP contribution in [-0.2, 0) is 27.4 Å². The quantitative estimate of drug-likeness (QED) is 0.520. The molecule has 1 aromatic heterocycles. The summed E-state index contributed by atoms with van der Waals surface area (Å²) in [4.78, 5) is 46.4. The van der Waals surface area contributed by atoms with Crippen molar-refractivity contribution >= 4 is 28.8 Å². The molecule has 36 heavy (non-hydrogen) atoms. The van der Waals surface area contributed by atoms with E-state index in [1.165, 1.54) is 0 Å². The van der Waals surface area contributed by atoms with Crippen LogP contribution in [0.5, 0.6) is 0 Å². The topological polar surface area (TPSA) is 94.7 Å². The molecule has 3 aromatic rings. The Morgan fingerprint density at radius 2 is 1.83 bits per heavy atom. The molecule has 0 radical (unpaired) electrons. The second kappa shape index (κ2) is 9.33. The second-order valence-corrected chi connectivity index (χ2v) is 9.86. The lowest BCUT2D eigenvalue weighted by Crippen LogP contribution is -2.65. The molecule has 8 nitrogen and oxygen atoms in total. The van der Waals surface area contributed by atoms with Crippen LogP contribution in [0.25, 0.3) is 10.9 Å². The first-order chi connectivity index (χ1) is 17.6. The Balaban J connectivity index is 1.18. The molecule has 6 rings (SSSR count). The number of benzene rings is 2. The summed E-state index contributed by atoms with van der Waals surface area (Å²) in [5.41, 5.74) is 4.11. The van der Waals surface area contributed by atoms with Crippen molar-refractivity contribution in [3.63, 3.8) is 0 Å². The van der Waals surface area contributed by atoms with Gasteiger partial charge in [-0.15, -0.1) is 0 Å². The van der Waals surface area contributed by atoms with E-state index in [1.807, 2.05) is 53.4 Å². The fourth-order valence-electron chi connectivity index (χ4n) is 6.08. The number of rotatable bonds is 6. The Morgan fingerprint density at radius 1 is 1.03 bits per heavy atom. The number of ether oxygens (including phenoxy) is 1. The van der Waals surface area contributed by atoms with E-state index in [2.05, 4.69) is 16.4 Å². The van der Waals surface area contributed by atoms with E-state index in [0.717, 1.165) is 40.6 Å². The van der Waals surface area contributed by atoms with E-state index in [0.29, 0.717) is 32.4 Å². The van der Waals surface area contributed by atoms with Crippen LogP contribution in [0.2, 0.25) is 0 Å². The molecule has 2 fully saturated rings. The molecule has 3 aliphatic heterocycles. The molecular formula is C28H30N4O4. The Labute approximate surface area is 209 Å². The molecule has 0 saturated carbocycles. The number of para-hydroxylation sites is 1. The highest BCUT2D eigenvalue weighted by Crippen LogP contribution is 2.43. The second-order valence-electron chi connectivity index (χ2n) is 9.86. The summed E-state index contributed by atoms with van der Waals surface area (Å²) in [5.74, 6) is 0.127. The lowest BCUT2D eigenvalue weighted by atomic mass is 9.86. The largest absolute Gasteiger partial charge is 0.445 e. The first-order valence-electron chi connectivity index (χ1n) is 12.8. The standard InChI is InChI=1S/C28H30N4O4/c33-26-24-16-20-19-10-4-5-11-21(19)30-25(20)22(32(24)27(34)23-13-7-15-31(23)26)12-6-14-29-28(35)36-17-18-8-2-1-3-9-18/h1-5,8-11,22-24,30H,6-7,12-17H2,(H,29,35)/t22-,23+,24+/m1/s1. The van der Waals surface area contributed by atoms with Crippen LogP contribution in [0.3, 0.4) is 0 Å². The van der Waals surface area contributed by atoms with Gasteiger partial charge in [0.2, 0.25) is 11.8 Å². The van der Waals surface area contributed by atoms with Crippen molar-refractivity contribution in [3.05, 3.63) is 71.4 Å². The molecule has 4 heterocycles. The summed E-state index contributed by atoms with van der Waals surface area (Å²) in [6, 6.07) is 16.6. The van der Waals surface area contributed by atoms with Crippen LogP contribution < -0.4 is 5.32 Å². The Hall–Kier alpha value is -3.81. The summed E-state index contributed by atoms with van der Waals surface area (Å²) in [6.07, 6.45) is 2.97. The maximum atomic E-state index is 13.6. The Bertz CT molecular complexity index is 1300. The van der Waals surface area contributed by atoms with Crippen molar-refractivity contribution in [2.24, 2.45) is 0 Å². The number of aromatic amines is 1. The third-order valence-electron chi connectivity index (χ3n) is 7.75. The van der Waals surface area contributed by atoms with Crippen LogP contribution in [-0.4, -0.2) is 57.9 Å². The van der Waals surface area contributed by atoms with Crippen molar-refractivity contribution in [1.29, 1.82) is 0 Å². The fraction of sp³-hybridized carbons (Fsp3) is 0.393. The summed E-state index contributed by atoms with van der Waals surface area (Å²) >= 11 is 0. The molecule has 2 aromatic carbocycles. The molecule has 0 aliphatic carbocycles. The third kappa shape index (κ3) is 3.90. The molecule has 2 saturated heterocycles. The maximum Gasteiger partial charge on any atom is 0.407 e. The molecule has 3 aliphatic rings. The van der Waals surface area contributed by atoms with Gasteiger partial charge in [-0.05, 0) is 42.9 Å². The number of carbonyl (C=O) groups is 3. The van der Waals surface area contributed by atoms with Gasteiger partial charge < -0.3 is 24.8 Å². The molecule has 0 spiro atoms. The number of fused-ring (bicyclic) bond motifs is 5.